The zero-order valence-electron chi connectivity index (χ0n) is 7.14. The van der Waals surface area contributed by atoms with E-state index in [1.54, 1.807) is 11.6 Å². The van der Waals surface area contributed by atoms with Crippen LogP contribution in [0, 0.1) is 0 Å². The monoisotopic (exact) mass is 209 g/mol. The van der Waals surface area contributed by atoms with Gasteiger partial charge in [0.15, 0.2) is 6.61 Å². The molecule has 1 aromatic heterocycles. The topological polar surface area (TPSA) is 59.4 Å². The predicted octanol–water partition coefficient (Wildman–Crippen LogP) is 1.76. The number of rotatable bonds is 3. The highest BCUT2D eigenvalue weighted by molar-refractivity contribution is 7.16. The fraction of sp³-hybridized carbons (Fsp3) is 0.111. The number of thiazole rings is 1. The van der Waals surface area contributed by atoms with Crippen molar-refractivity contribution in [3.8, 4) is 5.75 Å². The van der Waals surface area contributed by atoms with Gasteiger partial charge in [-0.1, -0.05) is 6.07 Å². The van der Waals surface area contributed by atoms with Crippen molar-refractivity contribution in [3.05, 3.63) is 23.7 Å². The molecule has 0 aliphatic carbocycles. The first-order chi connectivity index (χ1) is 6.77. The molecule has 0 saturated carbocycles. The lowest BCUT2D eigenvalue weighted by Gasteiger charge is -2.02. The largest absolute Gasteiger partial charge is 0.480 e. The van der Waals surface area contributed by atoms with Gasteiger partial charge in [0.05, 0.1) is 10.2 Å². The third kappa shape index (κ3) is 1.67. The maximum absolute atomic E-state index is 10.3. The van der Waals surface area contributed by atoms with Gasteiger partial charge >= 0.3 is 5.97 Å². The Morgan fingerprint density at radius 1 is 1.57 bits per heavy atom. The lowest BCUT2D eigenvalue weighted by molar-refractivity contribution is -0.139. The van der Waals surface area contributed by atoms with Crippen LogP contribution >= 0.6 is 11.3 Å². The minimum Gasteiger partial charge on any atom is -0.480 e. The molecule has 1 aromatic carbocycles. The molecule has 72 valence electrons. The quantitative estimate of drug-likeness (QED) is 0.836. The lowest BCUT2D eigenvalue weighted by atomic mass is 10.3. The summed E-state index contributed by atoms with van der Waals surface area (Å²) < 4.78 is 6.08. The van der Waals surface area contributed by atoms with Gasteiger partial charge in [-0.25, -0.2) is 9.78 Å². The summed E-state index contributed by atoms with van der Waals surface area (Å²) in [6.45, 7) is -0.337. The number of nitrogens with zero attached hydrogens (tertiary/aromatic N) is 1. The van der Waals surface area contributed by atoms with E-state index in [0.29, 0.717) is 5.75 Å². The second-order valence-electron chi connectivity index (χ2n) is 2.64. The van der Waals surface area contributed by atoms with Gasteiger partial charge in [-0.15, -0.1) is 11.3 Å². The van der Waals surface area contributed by atoms with Crippen LogP contribution in [0.3, 0.4) is 0 Å². The van der Waals surface area contributed by atoms with E-state index in [1.807, 2.05) is 12.1 Å². The summed E-state index contributed by atoms with van der Waals surface area (Å²) in [5, 5.41) is 8.45. The Bertz CT molecular complexity index is 466. The molecule has 0 fully saturated rings. The number of carboxylic acid groups (broad SMARTS) is 1. The van der Waals surface area contributed by atoms with Crippen LogP contribution in [-0.4, -0.2) is 22.7 Å². The standard InChI is InChI=1S/C9H7NO3S/c11-8(12)4-13-6-2-1-3-7-9(6)10-5-14-7/h1-3,5H,4H2,(H,11,12). The first-order valence-corrected chi connectivity index (χ1v) is 4.82. The van der Waals surface area contributed by atoms with Crippen LogP contribution in [0.2, 0.25) is 0 Å². The average molecular weight is 209 g/mol. The Kier molecular flexibility index (Phi) is 2.32. The summed E-state index contributed by atoms with van der Waals surface area (Å²) in [6, 6.07) is 5.45. The lowest BCUT2D eigenvalue weighted by Crippen LogP contribution is -2.09. The molecule has 0 atom stereocenters. The van der Waals surface area contributed by atoms with Crippen molar-refractivity contribution in [3.63, 3.8) is 0 Å². The third-order valence-corrected chi connectivity index (χ3v) is 2.47. The van der Waals surface area contributed by atoms with E-state index in [1.165, 1.54) is 11.3 Å². The summed E-state index contributed by atoms with van der Waals surface area (Å²) in [5.41, 5.74) is 2.43. The second kappa shape index (κ2) is 3.63. The van der Waals surface area contributed by atoms with Crippen molar-refractivity contribution < 1.29 is 14.6 Å². The van der Waals surface area contributed by atoms with Crippen LogP contribution < -0.4 is 4.74 Å². The first-order valence-electron chi connectivity index (χ1n) is 3.94. The van der Waals surface area contributed by atoms with Crippen molar-refractivity contribution in [1.82, 2.24) is 4.98 Å². The molecule has 0 aliphatic rings. The van der Waals surface area contributed by atoms with Gasteiger partial charge in [-0.3, -0.25) is 0 Å². The van der Waals surface area contributed by atoms with E-state index in [2.05, 4.69) is 4.98 Å². The number of para-hydroxylation sites is 1. The van der Waals surface area contributed by atoms with Crippen LogP contribution in [0.1, 0.15) is 0 Å². The maximum Gasteiger partial charge on any atom is 0.341 e. The zero-order valence-corrected chi connectivity index (χ0v) is 7.95. The number of carbonyl (C=O) groups is 1. The molecular formula is C9H7NO3S. The molecular weight excluding hydrogens is 202 g/mol. The molecule has 0 aliphatic heterocycles. The number of aromatic nitrogens is 1. The molecule has 1 heterocycles. The number of ether oxygens (including phenoxy) is 1. The van der Waals surface area contributed by atoms with Gasteiger partial charge in [0, 0.05) is 0 Å². The summed E-state index contributed by atoms with van der Waals surface area (Å²) >= 11 is 1.50. The molecule has 1 N–H and O–H groups in total. The van der Waals surface area contributed by atoms with Crippen LogP contribution in [-0.2, 0) is 4.79 Å². The van der Waals surface area contributed by atoms with E-state index >= 15 is 0 Å². The maximum atomic E-state index is 10.3. The molecule has 0 unspecified atom stereocenters. The highest BCUT2D eigenvalue weighted by Gasteiger charge is 2.05. The van der Waals surface area contributed by atoms with Gasteiger partial charge < -0.3 is 9.84 Å². The second-order valence-corrected chi connectivity index (χ2v) is 3.52. The molecule has 0 bridgehead atoms. The minimum atomic E-state index is -0.989. The molecule has 0 amide bonds. The predicted molar refractivity (Wildman–Crippen MR) is 52.8 cm³/mol. The molecule has 0 saturated heterocycles. The number of carboxylic acids is 1. The van der Waals surface area contributed by atoms with Crippen LogP contribution in [0.25, 0.3) is 10.2 Å². The highest BCUT2D eigenvalue weighted by Crippen LogP contribution is 2.26. The number of aliphatic carboxylic acids is 1. The smallest absolute Gasteiger partial charge is 0.341 e. The fourth-order valence-corrected chi connectivity index (χ4v) is 1.81. The van der Waals surface area contributed by atoms with Gasteiger partial charge in [0.25, 0.3) is 0 Å². The van der Waals surface area contributed by atoms with Crippen molar-refractivity contribution in [2.45, 2.75) is 0 Å². The number of hydrogen-bond acceptors (Lipinski definition) is 4. The Morgan fingerprint density at radius 2 is 2.43 bits per heavy atom. The van der Waals surface area contributed by atoms with Crippen molar-refractivity contribution in [2.75, 3.05) is 6.61 Å². The Balaban J connectivity index is 2.32. The summed E-state index contributed by atoms with van der Waals surface area (Å²) in [5.74, 6) is -0.469. The summed E-state index contributed by atoms with van der Waals surface area (Å²) in [4.78, 5) is 14.4. The van der Waals surface area contributed by atoms with Crippen molar-refractivity contribution >= 4 is 27.5 Å². The number of hydrogen-bond donors (Lipinski definition) is 1. The Hall–Kier alpha value is -1.62. The summed E-state index contributed by atoms with van der Waals surface area (Å²) in [6.07, 6.45) is 0. The van der Waals surface area contributed by atoms with Crippen molar-refractivity contribution in [2.24, 2.45) is 0 Å². The van der Waals surface area contributed by atoms with E-state index in [4.69, 9.17) is 9.84 Å². The van der Waals surface area contributed by atoms with E-state index < -0.39 is 5.97 Å². The summed E-state index contributed by atoms with van der Waals surface area (Å²) in [7, 11) is 0. The highest BCUT2D eigenvalue weighted by atomic mass is 32.1. The minimum absolute atomic E-state index is 0.337. The van der Waals surface area contributed by atoms with Gasteiger partial charge in [-0.05, 0) is 12.1 Å². The van der Waals surface area contributed by atoms with Gasteiger partial charge in [0.1, 0.15) is 11.3 Å². The first kappa shape index (κ1) is 8.96. The van der Waals surface area contributed by atoms with Crippen LogP contribution in [0.4, 0.5) is 0 Å². The van der Waals surface area contributed by atoms with Crippen LogP contribution in [0.5, 0.6) is 5.75 Å². The van der Waals surface area contributed by atoms with Gasteiger partial charge in [0.2, 0.25) is 0 Å². The molecule has 5 heteroatoms. The number of benzene rings is 1. The molecule has 14 heavy (non-hydrogen) atoms. The molecule has 2 aromatic rings. The molecule has 4 nitrogen and oxygen atoms in total. The third-order valence-electron chi connectivity index (χ3n) is 1.67. The van der Waals surface area contributed by atoms with Crippen LogP contribution in [0.15, 0.2) is 23.7 Å². The van der Waals surface area contributed by atoms with E-state index in [9.17, 15) is 4.79 Å². The molecule has 2 rings (SSSR count). The SMILES string of the molecule is O=C(O)COc1cccc2scnc12. The number of fused-ring (bicyclic) bond motifs is 1. The van der Waals surface area contributed by atoms with Gasteiger partial charge in [-0.2, -0.15) is 0 Å². The normalized spacial score (nSPS) is 10.3. The van der Waals surface area contributed by atoms with Crippen molar-refractivity contribution in [1.29, 1.82) is 0 Å². The van der Waals surface area contributed by atoms with E-state index in [0.717, 1.165) is 10.2 Å². The molecule has 0 radical (unpaired) electrons. The fourth-order valence-electron chi connectivity index (χ4n) is 1.12. The Morgan fingerprint density at radius 3 is 3.21 bits per heavy atom. The average Bonchev–Trinajstić information content (AvgIpc) is 2.62. The molecule has 0 spiro atoms. The van der Waals surface area contributed by atoms with E-state index in [-0.39, 0.29) is 6.61 Å². The Labute approximate surface area is 83.8 Å². The zero-order chi connectivity index (χ0) is 9.97.